The molecule has 0 unspecified atom stereocenters. The highest BCUT2D eigenvalue weighted by atomic mass is 32.2. The first-order valence-electron chi connectivity index (χ1n) is 10.9. The molecule has 8 heteroatoms. The van der Waals surface area contributed by atoms with Gasteiger partial charge in [-0.2, -0.15) is 16.8 Å². The van der Waals surface area contributed by atoms with Crippen LogP contribution < -0.4 is 0 Å². The number of hydrogen-bond donors (Lipinski definition) is 2. The van der Waals surface area contributed by atoms with Gasteiger partial charge in [0.15, 0.2) is 0 Å². The van der Waals surface area contributed by atoms with Gasteiger partial charge in [-0.25, -0.2) is 0 Å². The molecule has 178 valence electrons. The molecule has 0 heterocycles. The van der Waals surface area contributed by atoms with E-state index in [1.54, 1.807) is 12.1 Å². The lowest BCUT2D eigenvalue weighted by molar-refractivity contribution is 0.436. The van der Waals surface area contributed by atoms with Gasteiger partial charge in [-0.15, -0.1) is 0 Å². The molecule has 0 bridgehead atoms. The van der Waals surface area contributed by atoms with Crippen molar-refractivity contribution in [1.29, 1.82) is 0 Å². The standard InChI is InChI=1S/C24H34O6S2/c1-7-23(5,8-2)17-11-13-19(21(15-17)31(25,26)27)20-14-12-18(24(6,9-3)10-4)16-22(20)32(28,29)30/h11-16H,7-10H2,1-6H3,(H,25,26,27)(H,28,29,30). The lowest BCUT2D eigenvalue weighted by atomic mass is 9.77. The Bertz CT molecular complexity index is 1090. The molecule has 0 aliphatic heterocycles. The molecule has 0 aliphatic carbocycles. The third-order valence-electron chi connectivity index (χ3n) is 7.32. The van der Waals surface area contributed by atoms with E-state index in [1.807, 2.05) is 41.5 Å². The molecule has 2 aromatic carbocycles. The summed E-state index contributed by atoms with van der Waals surface area (Å²) in [6.45, 7) is 12.0. The molecule has 0 radical (unpaired) electrons. The number of rotatable bonds is 9. The van der Waals surface area contributed by atoms with Gasteiger partial charge in [0.1, 0.15) is 9.79 Å². The summed E-state index contributed by atoms with van der Waals surface area (Å²) in [6.07, 6.45) is 3.02. The van der Waals surface area contributed by atoms with Crippen molar-refractivity contribution in [3.05, 3.63) is 47.5 Å². The lowest BCUT2D eigenvalue weighted by Gasteiger charge is -2.29. The van der Waals surface area contributed by atoms with Crippen LogP contribution in [0.2, 0.25) is 0 Å². The van der Waals surface area contributed by atoms with Gasteiger partial charge < -0.3 is 0 Å². The van der Waals surface area contributed by atoms with Crippen LogP contribution in [0.5, 0.6) is 0 Å². The van der Waals surface area contributed by atoms with Crippen LogP contribution >= 0.6 is 0 Å². The minimum Gasteiger partial charge on any atom is -0.282 e. The molecule has 2 N–H and O–H groups in total. The highest BCUT2D eigenvalue weighted by Gasteiger charge is 2.30. The zero-order valence-corrected chi connectivity index (χ0v) is 21.3. The zero-order chi connectivity index (χ0) is 24.5. The van der Waals surface area contributed by atoms with E-state index in [2.05, 4.69) is 0 Å². The van der Waals surface area contributed by atoms with Crippen molar-refractivity contribution < 1.29 is 25.9 Å². The van der Waals surface area contributed by atoms with Crippen LogP contribution in [-0.4, -0.2) is 25.9 Å². The minimum absolute atomic E-state index is 0.0275. The van der Waals surface area contributed by atoms with Crippen LogP contribution in [0.3, 0.4) is 0 Å². The van der Waals surface area contributed by atoms with E-state index < -0.39 is 20.2 Å². The van der Waals surface area contributed by atoms with Crippen molar-refractivity contribution in [3.63, 3.8) is 0 Å². The summed E-state index contributed by atoms with van der Waals surface area (Å²) < 4.78 is 69.2. The maximum Gasteiger partial charge on any atom is 0.295 e. The van der Waals surface area contributed by atoms with E-state index in [4.69, 9.17) is 0 Å². The first-order chi connectivity index (χ1) is 14.7. The molecular formula is C24H34O6S2. The Labute approximate surface area is 192 Å². The van der Waals surface area contributed by atoms with E-state index in [0.717, 1.165) is 36.8 Å². The fourth-order valence-electron chi connectivity index (χ4n) is 3.98. The van der Waals surface area contributed by atoms with Crippen molar-refractivity contribution in [2.75, 3.05) is 0 Å². The molecule has 0 saturated carbocycles. The molecule has 0 saturated heterocycles. The lowest BCUT2D eigenvalue weighted by Crippen LogP contribution is -2.21. The number of hydrogen-bond acceptors (Lipinski definition) is 4. The highest BCUT2D eigenvalue weighted by molar-refractivity contribution is 7.86. The van der Waals surface area contributed by atoms with E-state index in [1.165, 1.54) is 24.3 Å². The molecule has 0 atom stereocenters. The van der Waals surface area contributed by atoms with E-state index >= 15 is 0 Å². The van der Waals surface area contributed by atoms with Crippen molar-refractivity contribution in [2.45, 2.75) is 87.8 Å². The largest absolute Gasteiger partial charge is 0.295 e. The second-order valence-corrected chi connectivity index (χ2v) is 11.7. The molecule has 0 spiro atoms. The Morgan fingerprint density at radius 3 is 1.12 bits per heavy atom. The van der Waals surface area contributed by atoms with E-state index in [9.17, 15) is 25.9 Å². The molecular weight excluding hydrogens is 448 g/mol. The van der Waals surface area contributed by atoms with Crippen molar-refractivity contribution in [1.82, 2.24) is 0 Å². The highest BCUT2D eigenvalue weighted by Crippen LogP contribution is 2.40. The average Bonchev–Trinajstić information content (AvgIpc) is 2.76. The zero-order valence-electron chi connectivity index (χ0n) is 19.6. The molecule has 0 fully saturated rings. The van der Waals surface area contributed by atoms with Crippen LogP contribution in [0.1, 0.15) is 78.4 Å². The van der Waals surface area contributed by atoms with Crippen LogP contribution in [0, 0.1) is 0 Å². The summed E-state index contributed by atoms with van der Waals surface area (Å²) >= 11 is 0. The Morgan fingerprint density at radius 1 is 0.625 bits per heavy atom. The Morgan fingerprint density at radius 2 is 0.906 bits per heavy atom. The first kappa shape index (κ1) is 26.5. The summed E-state index contributed by atoms with van der Waals surface area (Å²) in [7, 11) is -9.33. The Kier molecular flexibility index (Phi) is 7.66. The smallest absolute Gasteiger partial charge is 0.282 e. The van der Waals surface area contributed by atoms with E-state index in [-0.39, 0.29) is 31.7 Å². The SMILES string of the molecule is CCC(C)(CC)c1ccc(-c2ccc(C(C)(CC)CC)cc2S(=O)(=O)O)c(S(=O)(=O)O)c1. The summed E-state index contributed by atoms with van der Waals surface area (Å²) in [4.78, 5) is -0.760. The molecule has 0 aliphatic rings. The third kappa shape index (κ3) is 5.09. The van der Waals surface area contributed by atoms with Crippen LogP contribution in [0.25, 0.3) is 11.1 Å². The van der Waals surface area contributed by atoms with Crippen LogP contribution in [-0.2, 0) is 31.1 Å². The first-order valence-corrected chi connectivity index (χ1v) is 13.8. The van der Waals surface area contributed by atoms with Crippen molar-refractivity contribution >= 4 is 20.2 Å². The molecule has 0 aromatic heterocycles. The second kappa shape index (κ2) is 9.25. The summed E-state index contributed by atoms with van der Waals surface area (Å²) in [5, 5.41) is 0. The van der Waals surface area contributed by atoms with E-state index in [0.29, 0.717) is 0 Å². The Hall–Kier alpha value is -1.74. The summed E-state index contributed by atoms with van der Waals surface area (Å²) in [5.41, 5.74) is 0.900. The normalized spacial score (nSPS) is 13.4. The van der Waals surface area contributed by atoms with Gasteiger partial charge >= 0.3 is 0 Å². The fourth-order valence-corrected chi connectivity index (χ4v) is 5.45. The predicted octanol–water partition coefficient (Wildman–Crippen LogP) is 6.00. The van der Waals surface area contributed by atoms with Crippen LogP contribution in [0.4, 0.5) is 0 Å². The Balaban J connectivity index is 2.91. The molecule has 0 amide bonds. The summed E-state index contributed by atoms with van der Waals surface area (Å²) in [6, 6.07) is 9.32. The predicted molar refractivity (Wildman–Crippen MR) is 127 cm³/mol. The summed E-state index contributed by atoms with van der Waals surface area (Å²) in [5.74, 6) is 0. The van der Waals surface area contributed by atoms with Crippen LogP contribution in [0.15, 0.2) is 46.2 Å². The van der Waals surface area contributed by atoms with Gasteiger partial charge in [0.2, 0.25) is 0 Å². The van der Waals surface area contributed by atoms with Gasteiger partial charge in [0.05, 0.1) is 0 Å². The molecule has 32 heavy (non-hydrogen) atoms. The van der Waals surface area contributed by atoms with Gasteiger partial charge in [-0.05, 0) is 59.8 Å². The third-order valence-corrected chi connectivity index (χ3v) is 9.11. The van der Waals surface area contributed by atoms with Gasteiger partial charge in [-0.3, -0.25) is 9.11 Å². The van der Waals surface area contributed by atoms with Crippen molar-refractivity contribution in [3.8, 4) is 11.1 Å². The molecule has 6 nitrogen and oxygen atoms in total. The van der Waals surface area contributed by atoms with Gasteiger partial charge in [0.25, 0.3) is 20.2 Å². The quantitative estimate of drug-likeness (QED) is 0.424. The van der Waals surface area contributed by atoms with Crippen molar-refractivity contribution in [2.24, 2.45) is 0 Å². The maximum atomic E-state index is 12.3. The second-order valence-electron chi connectivity index (χ2n) is 8.91. The number of benzene rings is 2. The minimum atomic E-state index is -4.67. The fraction of sp³-hybridized carbons (Fsp3) is 0.500. The average molecular weight is 483 g/mol. The van der Waals surface area contributed by atoms with Gasteiger partial charge in [0, 0.05) is 11.1 Å². The molecule has 2 rings (SSSR count). The molecule has 2 aromatic rings. The van der Waals surface area contributed by atoms with Gasteiger partial charge in [-0.1, -0.05) is 65.8 Å². The monoisotopic (exact) mass is 482 g/mol. The topological polar surface area (TPSA) is 109 Å². The maximum absolute atomic E-state index is 12.3.